The molecule has 0 aliphatic heterocycles. The average Bonchev–Trinajstić information content (AvgIpc) is 2.72. The number of ether oxygens (including phenoxy) is 5. The summed E-state index contributed by atoms with van der Waals surface area (Å²) in [6.07, 6.45) is 1.57. The van der Waals surface area contributed by atoms with Crippen molar-refractivity contribution < 1.29 is 23.7 Å². The van der Waals surface area contributed by atoms with Crippen LogP contribution in [0.4, 0.5) is 5.69 Å². The van der Waals surface area contributed by atoms with Crippen molar-refractivity contribution in [1.29, 1.82) is 0 Å². The van der Waals surface area contributed by atoms with Gasteiger partial charge in [0.15, 0.2) is 28.1 Å². The molecule has 2 aromatic rings. The van der Waals surface area contributed by atoms with Crippen LogP contribution in [0.5, 0.6) is 28.7 Å². The number of thiocarbonyl (C=S) groups is 1. The lowest BCUT2D eigenvalue weighted by Crippen LogP contribution is -2.23. The summed E-state index contributed by atoms with van der Waals surface area (Å²) < 4.78 is 26.4. The molecule has 0 spiro atoms. The van der Waals surface area contributed by atoms with E-state index in [-0.39, 0.29) is 0 Å². The van der Waals surface area contributed by atoms with Crippen molar-refractivity contribution in [3.8, 4) is 28.7 Å². The quantitative estimate of drug-likeness (QED) is 0.394. The van der Waals surface area contributed by atoms with Crippen molar-refractivity contribution in [2.24, 2.45) is 5.10 Å². The van der Waals surface area contributed by atoms with Crippen molar-refractivity contribution in [1.82, 2.24) is 5.43 Å². The predicted octanol–water partition coefficient (Wildman–Crippen LogP) is 3.05. The normalized spacial score (nSPS) is 10.3. The number of hydrogen-bond donors (Lipinski definition) is 2. The van der Waals surface area contributed by atoms with Gasteiger partial charge in [-0.05, 0) is 30.4 Å². The number of hydrazone groups is 1. The molecular weight excluding hydrogens is 382 g/mol. The molecule has 0 aliphatic carbocycles. The molecule has 0 radical (unpaired) electrons. The molecule has 0 aromatic heterocycles. The van der Waals surface area contributed by atoms with Gasteiger partial charge in [0.05, 0.1) is 41.8 Å². The maximum atomic E-state index is 5.36. The van der Waals surface area contributed by atoms with Crippen LogP contribution in [0.2, 0.25) is 0 Å². The summed E-state index contributed by atoms with van der Waals surface area (Å²) in [5.41, 5.74) is 4.18. The van der Waals surface area contributed by atoms with E-state index in [0.717, 1.165) is 5.69 Å². The third-order valence-electron chi connectivity index (χ3n) is 3.75. The molecule has 0 saturated heterocycles. The van der Waals surface area contributed by atoms with Crippen molar-refractivity contribution in [3.05, 3.63) is 35.9 Å². The van der Waals surface area contributed by atoms with Gasteiger partial charge in [0.1, 0.15) is 5.75 Å². The van der Waals surface area contributed by atoms with Crippen LogP contribution < -0.4 is 34.4 Å². The highest BCUT2D eigenvalue weighted by atomic mass is 32.1. The Morgan fingerprint density at radius 3 is 1.96 bits per heavy atom. The van der Waals surface area contributed by atoms with E-state index in [4.69, 9.17) is 35.9 Å². The fourth-order valence-corrected chi connectivity index (χ4v) is 2.56. The molecule has 2 aromatic carbocycles. The third kappa shape index (κ3) is 5.17. The Kier molecular flexibility index (Phi) is 7.70. The molecule has 0 unspecified atom stereocenters. The Bertz CT molecular complexity index is 858. The zero-order valence-electron chi connectivity index (χ0n) is 16.4. The van der Waals surface area contributed by atoms with E-state index in [1.165, 1.54) is 0 Å². The number of anilines is 1. The fraction of sp³-hybridized carbons (Fsp3) is 0.263. The summed E-state index contributed by atoms with van der Waals surface area (Å²) in [5.74, 6) is 2.94. The summed E-state index contributed by atoms with van der Waals surface area (Å²) in [5, 5.41) is 7.47. The van der Waals surface area contributed by atoms with Crippen LogP contribution in [0, 0.1) is 0 Å². The van der Waals surface area contributed by atoms with E-state index < -0.39 is 0 Å². The second-order valence-corrected chi connectivity index (χ2v) is 5.75. The van der Waals surface area contributed by atoms with Gasteiger partial charge in [-0.15, -0.1) is 0 Å². The lowest BCUT2D eigenvalue weighted by Gasteiger charge is -2.12. The van der Waals surface area contributed by atoms with Gasteiger partial charge in [-0.3, -0.25) is 5.43 Å². The summed E-state index contributed by atoms with van der Waals surface area (Å²) >= 11 is 5.26. The molecule has 2 N–H and O–H groups in total. The highest BCUT2D eigenvalue weighted by molar-refractivity contribution is 7.80. The maximum Gasteiger partial charge on any atom is 0.191 e. The molecule has 0 fully saturated rings. The van der Waals surface area contributed by atoms with Crippen LogP contribution in [-0.2, 0) is 0 Å². The SMILES string of the molecule is COc1cc(OC)c(OC)cc1C=NNC(=S)Nc1ccc(OC)c(OC)c1. The average molecular weight is 405 g/mol. The van der Waals surface area contributed by atoms with E-state index in [0.29, 0.717) is 39.4 Å². The summed E-state index contributed by atoms with van der Waals surface area (Å²) in [7, 11) is 7.83. The molecule has 9 heteroatoms. The molecule has 2 rings (SSSR count). The molecule has 0 bridgehead atoms. The van der Waals surface area contributed by atoms with Gasteiger partial charge in [-0.1, -0.05) is 0 Å². The maximum absolute atomic E-state index is 5.36. The molecular formula is C19H23N3O5S. The van der Waals surface area contributed by atoms with Crippen LogP contribution in [0.25, 0.3) is 0 Å². The number of nitrogens with zero attached hydrogens (tertiary/aromatic N) is 1. The molecule has 8 nitrogen and oxygen atoms in total. The van der Waals surface area contributed by atoms with E-state index in [1.807, 2.05) is 6.07 Å². The minimum absolute atomic E-state index is 0.308. The molecule has 0 heterocycles. The first-order valence-electron chi connectivity index (χ1n) is 8.18. The zero-order chi connectivity index (χ0) is 20.5. The number of hydrogen-bond acceptors (Lipinski definition) is 7. The predicted molar refractivity (Wildman–Crippen MR) is 113 cm³/mol. The topological polar surface area (TPSA) is 82.6 Å². The van der Waals surface area contributed by atoms with Crippen LogP contribution in [-0.4, -0.2) is 46.9 Å². The van der Waals surface area contributed by atoms with Gasteiger partial charge in [0, 0.05) is 23.4 Å². The van der Waals surface area contributed by atoms with Crippen LogP contribution in [0.1, 0.15) is 5.56 Å². The van der Waals surface area contributed by atoms with Gasteiger partial charge in [-0.25, -0.2) is 0 Å². The third-order valence-corrected chi connectivity index (χ3v) is 3.94. The van der Waals surface area contributed by atoms with Gasteiger partial charge < -0.3 is 29.0 Å². The van der Waals surface area contributed by atoms with Crippen LogP contribution in [0.3, 0.4) is 0 Å². The Balaban J connectivity index is 2.07. The lowest BCUT2D eigenvalue weighted by atomic mass is 10.2. The van der Waals surface area contributed by atoms with Crippen molar-refractivity contribution in [2.75, 3.05) is 40.9 Å². The molecule has 0 saturated carbocycles. The standard InChI is InChI=1S/C19H23N3O5S/c1-23-14-7-6-13(9-17(14)26-4)21-19(28)22-20-11-12-8-16(25-3)18(27-5)10-15(12)24-2/h6-11H,1-5H3,(H2,21,22,28). The van der Waals surface area contributed by atoms with E-state index in [9.17, 15) is 0 Å². The first-order valence-corrected chi connectivity index (χ1v) is 8.59. The molecule has 150 valence electrons. The zero-order valence-corrected chi connectivity index (χ0v) is 17.2. The summed E-state index contributed by atoms with van der Waals surface area (Å²) in [4.78, 5) is 0. The van der Waals surface area contributed by atoms with Crippen molar-refractivity contribution in [3.63, 3.8) is 0 Å². The Labute approximate surface area is 169 Å². The Hall–Kier alpha value is -3.20. The number of nitrogens with one attached hydrogen (secondary N) is 2. The van der Waals surface area contributed by atoms with E-state index >= 15 is 0 Å². The smallest absolute Gasteiger partial charge is 0.191 e. The number of benzene rings is 2. The summed E-state index contributed by atoms with van der Waals surface area (Å²) in [6, 6.07) is 8.85. The first kappa shape index (κ1) is 21.1. The van der Waals surface area contributed by atoms with Crippen LogP contribution >= 0.6 is 12.2 Å². The Morgan fingerprint density at radius 2 is 1.36 bits per heavy atom. The molecule has 0 atom stereocenters. The van der Waals surface area contributed by atoms with E-state index in [1.54, 1.807) is 66.0 Å². The second-order valence-electron chi connectivity index (χ2n) is 5.34. The monoisotopic (exact) mass is 405 g/mol. The van der Waals surface area contributed by atoms with Crippen molar-refractivity contribution in [2.45, 2.75) is 0 Å². The highest BCUT2D eigenvalue weighted by Gasteiger charge is 2.10. The van der Waals surface area contributed by atoms with Gasteiger partial charge in [-0.2, -0.15) is 5.10 Å². The second kappa shape index (κ2) is 10.2. The fourth-order valence-electron chi connectivity index (χ4n) is 2.39. The molecule has 0 aliphatic rings. The van der Waals surface area contributed by atoms with Gasteiger partial charge >= 0.3 is 0 Å². The first-order chi connectivity index (χ1) is 13.6. The van der Waals surface area contributed by atoms with Crippen molar-refractivity contribution >= 4 is 29.2 Å². The summed E-state index contributed by atoms with van der Waals surface area (Å²) in [6.45, 7) is 0. The van der Waals surface area contributed by atoms with Gasteiger partial charge in [0.2, 0.25) is 0 Å². The molecule has 28 heavy (non-hydrogen) atoms. The molecule has 0 amide bonds. The lowest BCUT2D eigenvalue weighted by molar-refractivity contribution is 0.349. The van der Waals surface area contributed by atoms with E-state index in [2.05, 4.69) is 15.8 Å². The Morgan fingerprint density at radius 1 is 0.786 bits per heavy atom. The minimum Gasteiger partial charge on any atom is -0.496 e. The minimum atomic E-state index is 0.308. The largest absolute Gasteiger partial charge is 0.496 e. The van der Waals surface area contributed by atoms with Gasteiger partial charge in [0.25, 0.3) is 0 Å². The number of methoxy groups -OCH3 is 5. The highest BCUT2D eigenvalue weighted by Crippen LogP contribution is 2.33. The number of rotatable bonds is 8. The van der Waals surface area contributed by atoms with Crippen LogP contribution in [0.15, 0.2) is 35.4 Å².